The molecule has 1 aromatic heterocycles. The number of hydrogen-bond donors (Lipinski definition) is 3. The molecular formula is C25H33FN5O4P. The van der Waals surface area contributed by atoms with Gasteiger partial charge in [-0.25, -0.2) is 9.37 Å². The molecule has 36 heavy (non-hydrogen) atoms. The number of carbonyl (C=O) groups excluding carboxylic acids is 1. The highest BCUT2D eigenvalue weighted by Crippen LogP contribution is 2.46. The quantitative estimate of drug-likeness (QED) is 0.452. The first-order chi connectivity index (χ1) is 17.1. The number of rotatable bonds is 8. The molecule has 3 atom stereocenters. The molecule has 1 aliphatic heterocycles. The summed E-state index contributed by atoms with van der Waals surface area (Å²) in [5.74, 6) is 1.90. The van der Waals surface area contributed by atoms with Crippen molar-refractivity contribution >= 4 is 25.3 Å². The van der Waals surface area contributed by atoms with Gasteiger partial charge < -0.3 is 25.0 Å². The lowest BCUT2D eigenvalue weighted by molar-refractivity contribution is 0.0881. The van der Waals surface area contributed by atoms with Gasteiger partial charge in [-0.05, 0) is 68.1 Å². The smallest absolute Gasteiger partial charge is 0.325 e. The second-order valence-corrected chi connectivity index (χ2v) is 12.2. The fraction of sp³-hybridized carbons (Fsp3) is 0.560. The maximum atomic E-state index is 14.0. The van der Waals surface area contributed by atoms with Crippen LogP contribution in [0, 0.1) is 24.6 Å². The first-order valence-corrected chi connectivity index (χ1v) is 14.6. The molecule has 0 radical (unpaired) electrons. The Bertz CT molecular complexity index is 1170. The Morgan fingerprint density at radius 2 is 1.97 bits per heavy atom. The second kappa shape index (κ2) is 10.1. The van der Waals surface area contributed by atoms with E-state index in [0.717, 1.165) is 30.5 Å². The average molecular weight is 518 g/mol. The zero-order valence-corrected chi connectivity index (χ0v) is 21.5. The zero-order valence-electron chi connectivity index (χ0n) is 20.6. The monoisotopic (exact) mass is 517 g/mol. The van der Waals surface area contributed by atoms with E-state index in [-0.39, 0.29) is 23.9 Å². The molecule has 2 heterocycles. The van der Waals surface area contributed by atoms with Crippen LogP contribution in [-0.2, 0) is 15.6 Å². The summed E-state index contributed by atoms with van der Waals surface area (Å²) >= 11 is 0. The topological polar surface area (TPSA) is 117 Å². The molecule has 1 saturated heterocycles. The van der Waals surface area contributed by atoms with Gasteiger partial charge in [-0.1, -0.05) is 12.1 Å². The third-order valence-electron chi connectivity index (χ3n) is 7.33. The Balaban J connectivity index is 1.28. The van der Waals surface area contributed by atoms with Crippen LogP contribution in [0.5, 0.6) is 0 Å². The predicted molar refractivity (Wildman–Crippen MR) is 135 cm³/mol. The molecule has 2 saturated carbocycles. The van der Waals surface area contributed by atoms with Crippen molar-refractivity contribution in [3.63, 3.8) is 0 Å². The van der Waals surface area contributed by atoms with Gasteiger partial charge in [0.15, 0.2) is 0 Å². The van der Waals surface area contributed by atoms with Crippen molar-refractivity contribution in [2.75, 3.05) is 30.0 Å². The fourth-order valence-corrected chi connectivity index (χ4v) is 5.94. The molecule has 2 aromatic rings. The maximum Gasteiger partial charge on any atom is 0.325 e. The molecule has 3 fully saturated rings. The predicted octanol–water partition coefficient (Wildman–Crippen LogP) is 3.87. The Hall–Kier alpha value is -2.55. The number of fused-ring (bicyclic) bond motifs is 1. The summed E-state index contributed by atoms with van der Waals surface area (Å²) in [5.41, 5.74) is 1.67. The molecule has 0 bridgehead atoms. The molecule has 1 amide bonds. The van der Waals surface area contributed by atoms with Gasteiger partial charge in [0.25, 0.3) is 5.91 Å². The average Bonchev–Trinajstić information content (AvgIpc) is 3.44. The number of halogens is 1. The van der Waals surface area contributed by atoms with E-state index in [4.69, 9.17) is 9.51 Å². The highest BCUT2D eigenvalue weighted by Gasteiger charge is 2.46. The van der Waals surface area contributed by atoms with Gasteiger partial charge in [0.2, 0.25) is 5.95 Å². The SMILES string of the molecule is Cc1ccc(CNc2nc(N3CC4CC4C3)ncc2C(=O)N[C@H]2CC[C@H](OP(C)(=O)O)CC2)cc1F. The van der Waals surface area contributed by atoms with Crippen LogP contribution in [0.15, 0.2) is 24.4 Å². The van der Waals surface area contributed by atoms with Crippen molar-refractivity contribution in [3.8, 4) is 0 Å². The van der Waals surface area contributed by atoms with E-state index in [1.165, 1.54) is 19.2 Å². The molecule has 11 heteroatoms. The van der Waals surface area contributed by atoms with Gasteiger partial charge >= 0.3 is 7.60 Å². The lowest BCUT2D eigenvalue weighted by Crippen LogP contribution is -2.39. The second-order valence-electron chi connectivity index (χ2n) is 10.4. The number of nitrogens with one attached hydrogen (secondary N) is 2. The highest BCUT2D eigenvalue weighted by molar-refractivity contribution is 7.51. The largest absolute Gasteiger partial charge is 0.365 e. The van der Waals surface area contributed by atoms with Crippen molar-refractivity contribution in [3.05, 3.63) is 46.9 Å². The van der Waals surface area contributed by atoms with Gasteiger partial charge in [-0.15, -0.1) is 0 Å². The van der Waals surface area contributed by atoms with Gasteiger partial charge in [-0.2, -0.15) is 4.98 Å². The summed E-state index contributed by atoms with van der Waals surface area (Å²) in [5, 5.41) is 6.29. The molecule has 5 rings (SSSR count). The van der Waals surface area contributed by atoms with E-state index in [1.54, 1.807) is 19.2 Å². The van der Waals surface area contributed by atoms with Crippen LogP contribution in [0.1, 0.15) is 53.6 Å². The normalized spacial score (nSPS) is 26.7. The van der Waals surface area contributed by atoms with Gasteiger partial charge in [0, 0.05) is 38.5 Å². The van der Waals surface area contributed by atoms with Crippen molar-refractivity contribution < 1.29 is 23.2 Å². The molecule has 9 nitrogen and oxygen atoms in total. The van der Waals surface area contributed by atoms with Crippen molar-refractivity contribution in [2.24, 2.45) is 11.8 Å². The van der Waals surface area contributed by atoms with Crippen molar-refractivity contribution in [1.82, 2.24) is 15.3 Å². The third kappa shape index (κ3) is 6.05. The van der Waals surface area contributed by atoms with E-state index in [0.29, 0.717) is 55.1 Å². The summed E-state index contributed by atoms with van der Waals surface area (Å²) in [6, 6.07) is 5.00. The minimum atomic E-state index is -3.53. The first kappa shape index (κ1) is 25.1. The number of benzene rings is 1. The van der Waals surface area contributed by atoms with E-state index < -0.39 is 7.60 Å². The van der Waals surface area contributed by atoms with E-state index in [2.05, 4.69) is 20.5 Å². The highest BCUT2D eigenvalue weighted by atomic mass is 31.2. The Kier molecular flexibility index (Phi) is 7.03. The summed E-state index contributed by atoms with van der Waals surface area (Å²) in [7, 11) is -3.53. The number of amides is 1. The lowest BCUT2D eigenvalue weighted by Gasteiger charge is -2.29. The molecule has 3 N–H and O–H groups in total. The number of anilines is 2. The van der Waals surface area contributed by atoms with Crippen molar-refractivity contribution in [2.45, 2.75) is 57.7 Å². The minimum absolute atomic E-state index is 0.0725. The first-order valence-electron chi connectivity index (χ1n) is 12.5. The lowest BCUT2D eigenvalue weighted by atomic mass is 9.93. The summed E-state index contributed by atoms with van der Waals surface area (Å²) in [4.78, 5) is 34.0. The number of nitrogens with zero attached hydrogens (tertiary/aromatic N) is 3. The number of piperidine rings is 1. The van der Waals surface area contributed by atoms with Crippen LogP contribution in [-0.4, -0.2) is 52.7 Å². The minimum Gasteiger partial charge on any atom is -0.365 e. The van der Waals surface area contributed by atoms with Gasteiger partial charge in [0.05, 0.1) is 6.10 Å². The van der Waals surface area contributed by atoms with Crippen molar-refractivity contribution in [1.29, 1.82) is 0 Å². The van der Waals surface area contributed by atoms with E-state index in [9.17, 15) is 18.6 Å². The molecule has 0 spiro atoms. The molecule has 2 aliphatic carbocycles. The number of hydrogen-bond acceptors (Lipinski definition) is 7. The molecule has 3 aliphatic rings. The van der Waals surface area contributed by atoms with E-state index >= 15 is 0 Å². The molecular weight excluding hydrogens is 484 g/mol. The Morgan fingerprint density at radius 1 is 1.25 bits per heavy atom. The molecule has 1 aromatic carbocycles. The number of aryl methyl sites for hydroxylation is 1. The Morgan fingerprint density at radius 3 is 2.64 bits per heavy atom. The van der Waals surface area contributed by atoms with Gasteiger partial charge in [0.1, 0.15) is 17.2 Å². The summed E-state index contributed by atoms with van der Waals surface area (Å²) in [6.45, 7) is 5.09. The van der Waals surface area contributed by atoms with Crippen LogP contribution in [0.2, 0.25) is 0 Å². The summed E-state index contributed by atoms with van der Waals surface area (Å²) < 4.78 is 30.8. The van der Waals surface area contributed by atoms with Crippen LogP contribution >= 0.6 is 7.60 Å². The van der Waals surface area contributed by atoms with Crippen LogP contribution < -0.4 is 15.5 Å². The number of aromatic nitrogens is 2. The standard InChI is InChI=1S/C25H33FN5O4P/c1-15-3-4-16(9-22(15)26)11-27-23-21(12-28-25(30-23)31-13-17-10-18(17)14-31)24(32)29-19-5-7-20(8-6-19)35-36(2,33)34/h3-4,9,12,17-20H,5-8,10-11,13-14H2,1-2H3,(H,29,32)(H,33,34)(H,27,28,30)/t17?,18?,19-,20-. The third-order valence-corrected chi connectivity index (χ3v) is 8.02. The van der Waals surface area contributed by atoms with E-state index in [1.807, 2.05) is 6.07 Å². The zero-order chi connectivity index (χ0) is 25.4. The maximum absolute atomic E-state index is 14.0. The van der Waals surface area contributed by atoms with Crippen LogP contribution in [0.4, 0.5) is 16.2 Å². The fourth-order valence-electron chi connectivity index (χ4n) is 5.17. The van der Waals surface area contributed by atoms with Gasteiger partial charge in [-0.3, -0.25) is 9.36 Å². The number of carbonyl (C=O) groups is 1. The molecule has 194 valence electrons. The van der Waals surface area contributed by atoms with Crippen LogP contribution in [0.25, 0.3) is 0 Å². The summed E-state index contributed by atoms with van der Waals surface area (Å²) in [6.07, 6.45) is 5.05. The molecule has 3 unspecified atom stereocenters. The van der Waals surface area contributed by atoms with Crippen LogP contribution in [0.3, 0.4) is 0 Å². The Labute approximate surface area is 210 Å².